The number of carbonyl (C=O) groups is 1. The number of anilines is 1. The van der Waals surface area contributed by atoms with Crippen LogP contribution in [0.1, 0.15) is 61.4 Å². The van der Waals surface area contributed by atoms with Crippen LogP contribution in [0.25, 0.3) is 0 Å². The lowest BCUT2D eigenvalue weighted by Crippen LogP contribution is -2.44. The maximum absolute atomic E-state index is 13.0. The van der Waals surface area contributed by atoms with Crippen LogP contribution in [-0.4, -0.2) is 48.6 Å². The largest absolute Gasteiger partial charge is 0.501 e. The molecule has 2 aromatic rings. The number of ether oxygens (including phenoxy) is 1. The number of nitrogens with one attached hydrogen (secondary N) is 1. The third kappa shape index (κ3) is 4.28. The number of amides is 1. The summed E-state index contributed by atoms with van der Waals surface area (Å²) < 4.78 is 30.0. The number of carbonyl (C=O) groups excluding carboxylic acids is 1. The van der Waals surface area contributed by atoms with E-state index in [0.29, 0.717) is 48.8 Å². The molecule has 0 atom stereocenters. The van der Waals surface area contributed by atoms with Gasteiger partial charge in [-0.1, -0.05) is 32.0 Å². The van der Waals surface area contributed by atoms with E-state index in [9.17, 15) is 23.8 Å². The Balaban J connectivity index is 1.62. The van der Waals surface area contributed by atoms with E-state index < -0.39 is 33.6 Å². The van der Waals surface area contributed by atoms with Crippen LogP contribution in [0.5, 0.6) is 5.75 Å². The van der Waals surface area contributed by atoms with Crippen molar-refractivity contribution in [2.24, 2.45) is 0 Å². The maximum Gasteiger partial charge on any atom is 0.296 e. The van der Waals surface area contributed by atoms with Crippen molar-refractivity contribution in [3.63, 3.8) is 0 Å². The first kappa shape index (κ1) is 24.5. The van der Waals surface area contributed by atoms with Crippen molar-refractivity contribution in [2.45, 2.75) is 58.2 Å². The Kier molecular flexibility index (Phi) is 6.90. The molecular weight excluding hydrogens is 460 g/mol. The summed E-state index contributed by atoms with van der Waals surface area (Å²) >= 11 is 0. The normalized spacial score (nSPS) is 19.8. The minimum Gasteiger partial charge on any atom is -0.501 e. The van der Waals surface area contributed by atoms with Crippen LogP contribution in [0, 0.1) is 0 Å². The zero-order valence-electron chi connectivity index (χ0n) is 19.5. The molecule has 0 saturated carbocycles. The van der Waals surface area contributed by atoms with Gasteiger partial charge in [-0.2, -0.15) is 0 Å². The lowest BCUT2D eigenvalue weighted by Gasteiger charge is -2.48. The van der Waals surface area contributed by atoms with Gasteiger partial charge in [0.25, 0.3) is 11.5 Å². The monoisotopic (exact) mass is 492 g/mol. The van der Waals surface area contributed by atoms with E-state index in [4.69, 9.17) is 4.74 Å². The summed E-state index contributed by atoms with van der Waals surface area (Å²) in [7, 11) is -2.92. The van der Waals surface area contributed by atoms with Gasteiger partial charge < -0.3 is 15.2 Å². The van der Waals surface area contributed by atoms with Crippen molar-refractivity contribution in [3.8, 4) is 5.75 Å². The fourth-order valence-corrected chi connectivity index (χ4v) is 6.40. The molecule has 3 heterocycles. The van der Waals surface area contributed by atoms with Gasteiger partial charge in [-0.25, -0.2) is 4.98 Å². The molecule has 1 aromatic carbocycles. The number of aromatic nitrogens is 2. The van der Waals surface area contributed by atoms with E-state index in [-0.39, 0.29) is 18.8 Å². The minimum absolute atomic E-state index is 0.0593. The number of fused-ring (bicyclic) bond motifs is 1. The molecule has 1 fully saturated rings. The zero-order chi connectivity index (χ0) is 24.5. The van der Waals surface area contributed by atoms with Crippen molar-refractivity contribution < 1.29 is 23.7 Å². The summed E-state index contributed by atoms with van der Waals surface area (Å²) in [4.78, 5) is 30.3. The Morgan fingerprint density at radius 3 is 2.65 bits per heavy atom. The van der Waals surface area contributed by atoms with Gasteiger partial charge in [-0.15, -0.1) is 10.8 Å². The number of rotatable bonds is 6. The van der Waals surface area contributed by atoms with Crippen LogP contribution in [0.4, 0.5) is 5.69 Å². The first-order valence-electron chi connectivity index (χ1n) is 11.6. The van der Waals surface area contributed by atoms with E-state index in [1.54, 1.807) is 28.6 Å². The van der Waals surface area contributed by atoms with Crippen molar-refractivity contribution in [3.05, 3.63) is 51.7 Å². The zero-order valence-corrected chi connectivity index (χ0v) is 20.3. The van der Waals surface area contributed by atoms with Crippen molar-refractivity contribution in [2.75, 3.05) is 23.2 Å². The van der Waals surface area contributed by atoms with Gasteiger partial charge in [-0.05, 0) is 37.3 Å². The first-order valence-corrected chi connectivity index (χ1v) is 13.3. The number of aromatic hydroxyl groups is 1. The molecule has 0 spiro atoms. The lowest BCUT2D eigenvalue weighted by atomic mass is 9.94. The van der Waals surface area contributed by atoms with Gasteiger partial charge in [0.1, 0.15) is 11.4 Å². The summed E-state index contributed by atoms with van der Waals surface area (Å²) in [6.07, 6.45) is 2.72. The molecule has 1 aromatic heterocycles. The van der Waals surface area contributed by atoms with Crippen LogP contribution >= 0.6 is 10.8 Å². The number of benzene rings is 1. The van der Waals surface area contributed by atoms with E-state index in [1.807, 2.05) is 13.8 Å². The molecule has 34 heavy (non-hydrogen) atoms. The highest BCUT2D eigenvalue weighted by Gasteiger charge is 2.39. The van der Waals surface area contributed by atoms with Gasteiger partial charge in [0.2, 0.25) is 5.75 Å². The Hall–Kier alpha value is -2.60. The first-order chi connectivity index (χ1) is 16.2. The molecule has 10 nitrogen and oxygen atoms in total. The number of hydrogen-bond acceptors (Lipinski definition) is 8. The Morgan fingerprint density at radius 1 is 1.21 bits per heavy atom. The van der Waals surface area contributed by atoms with Crippen LogP contribution < -0.4 is 15.2 Å². The van der Waals surface area contributed by atoms with Gasteiger partial charge in [0, 0.05) is 13.1 Å². The second-order valence-corrected chi connectivity index (χ2v) is 10.7. The molecule has 2 aliphatic rings. The molecule has 0 radical (unpaired) electrons. The lowest BCUT2D eigenvalue weighted by molar-refractivity contribution is -0.0890. The average molecular weight is 493 g/mol. The average Bonchev–Trinajstić information content (AvgIpc) is 2.84. The highest BCUT2D eigenvalue weighted by atomic mass is 32.3. The minimum atomic E-state index is -2.92. The molecule has 1 amide bonds. The van der Waals surface area contributed by atoms with Gasteiger partial charge in [0.05, 0.1) is 24.6 Å². The SMILES string of the molecule is CCC1(CC)OCCn2c1nc(C(=O)NCc1ccccc1N1CCCCS1(O)O)c(O)c2=O. The molecule has 0 aliphatic carbocycles. The quantitative estimate of drug-likeness (QED) is 0.483. The molecule has 4 rings (SSSR count). The summed E-state index contributed by atoms with van der Waals surface area (Å²) in [5, 5.41) is 13.2. The fraction of sp³-hybridized carbons (Fsp3) is 0.522. The van der Waals surface area contributed by atoms with Gasteiger partial charge >= 0.3 is 0 Å². The fourth-order valence-electron chi connectivity index (χ4n) is 4.67. The third-order valence-corrected chi connectivity index (χ3v) is 8.61. The molecule has 0 unspecified atom stereocenters. The van der Waals surface area contributed by atoms with Crippen molar-refractivity contribution in [1.29, 1.82) is 0 Å². The second kappa shape index (κ2) is 9.57. The van der Waals surface area contributed by atoms with Crippen molar-refractivity contribution >= 4 is 22.4 Å². The number of para-hydroxylation sites is 1. The smallest absolute Gasteiger partial charge is 0.296 e. The number of nitrogens with zero attached hydrogens (tertiary/aromatic N) is 3. The van der Waals surface area contributed by atoms with Gasteiger partial charge in [-0.3, -0.25) is 27.6 Å². The molecule has 11 heteroatoms. The van der Waals surface area contributed by atoms with Gasteiger partial charge in [0.15, 0.2) is 5.69 Å². The number of hydrogen-bond donors (Lipinski definition) is 4. The van der Waals surface area contributed by atoms with Crippen LogP contribution in [0.3, 0.4) is 0 Å². The summed E-state index contributed by atoms with van der Waals surface area (Å²) in [6, 6.07) is 7.19. The van der Waals surface area contributed by atoms with E-state index >= 15 is 0 Å². The van der Waals surface area contributed by atoms with E-state index in [1.165, 1.54) is 4.57 Å². The van der Waals surface area contributed by atoms with Crippen LogP contribution in [-0.2, 0) is 23.4 Å². The molecule has 0 bridgehead atoms. The Morgan fingerprint density at radius 2 is 1.94 bits per heavy atom. The highest BCUT2D eigenvalue weighted by molar-refractivity contribution is 8.25. The molecule has 4 N–H and O–H groups in total. The maximum atomic E-state index is 13.0. The van der Waals surface area contributed by atoms with E-state index in [0.717, 1.165) is 12.8 Å². The summed E-state index contributed by atoms with van der Waals surface area (Å²) in [5.74, 6) is -0.727. The summed E-state index contributed by atoms with van der Waals surface area (Å²) in [6.45, 7) is 5.01. The second-order valence-electron chi connectivity index (χ2n) is 8.60. The van der Waals surface area contributed by atoms with E-state index in [2.05, 4.69) is 10.3 Å². The highest BCUT2D eigenvalue weighted by Crippen LogP contribution is 2.50. The Labute approximate surface area is 200 Å². The molecule has 186 valence electrons. The summed E-state index contributed by atoms with van der Waals surface area (Å²) in [5.41, 5.74) is -0.476. The topological polar surface area (TPSA) is 137 Å². The predicted octanol–water partition coefficient (Wildman–Crippen LogP) is 3.19. The molecule has 2 aliphatic heterocycles. The third-order valence-electron chi connectivity index (χ3n) is 6.69. The Bertz CT molecular complexity index is 1130. The van der Waals surface area contributed by atoms with Crippen LogP contribution in [0.15, 0.2) is 29.1 Å². The molecular formula is C23H32N4O6S. The van der Waals surface area contributed by atoms with Crippen LogP contribution in [0.2, 0.25) is 0 Å². The van der Waals surface area contributed by atoms with Crippen molar-refractivity contribution in [1.82, 2.24) is 14.9 Å². The standard InChI is InChI=1S/C23H32N4O6S/c1-3-23(4-2)22-25-18(19(28)21(30)26(22)12-13-33-23)20(29)24-15-16-9-5-6-10-17(16)27-11-7-8-14-34(27,31)32/h5-6,9-10,28,31-32H,3-4,7-8,11-15H2,1-2H3,(H,24,29). The predicted molar refractivity (Wildman–Crippen MR) is 130 cm³/mol. The molecule has 1 saturated heterocycles.